The van der Waals surface area contributed by atoms with Crippen LogP contribution in [0.1, 0.15) is 77.6 Å². The number of ether oxygens (including phenoxy) is 1. The molecule has 2 N–H and O–H groups in total. The number of aromatic nitrogens is 2. The first-order chi connectivity index (χ1) is 16.5. The van der Waals surface area contributed by atoms with E-state index in [0.29, 0.717) is 43.2 Å². The highest BCUT2D eigenvalue weighted by atomic mass is 19.4. The fourth-order valence-corrected chi connectivity index (χ4v) is 4.54. The number of carboxylic acid groups (broad SMARTS) is 1. The van der Waals surface area contributed by atoms with Gasteiger partial charge in [0.2, 0.25) is 0 Å². The number of aromatic carboxylic acids is 1. The summed E-state index contributed by atoms with van der Waals surface area (Å²) in [6, 6.07) is 7.18. The molecule has 35 heavy (non-hydrogen) atoms. The van der Waals surface area contributed by atoms with E-state index in [2.05, 4.69) is 10.4 Å². The van der Waals surface area contributed by atoms with Gasteiger partial charge in [0.25, 0.3) is 5.91 Å². The number of aryl methyl sites for hydroxylation is 2. The number of carbonyl (C=O) groups excluding carboxylic acids is 1. The SMILES string of the molecule is C[C@]1(CCc2cccc(OCCCC(F)(F)F)c2)Cc2nn(CCC3CC3)c(C(=O)O)c2C(=O)N1. The molecule has 0 unspecified atom stereocenters. The Morgan fingerprint density at radius 1 is 1.34 bits per heavy atom. The van der Waals surface area contributed by atoms with Gasteiger partial charge in [0.15, 0.2) is 5.69 Å². The number of halogens is 3. The minimum absolute atomic E-state index is 0.0190. The van der Waals surface area contributed by atoms with Gasteiger partial charge >= 0.3 is 12.1 Å². The van der Waals surface area contributed by atoms with Crippen molar-refractivity contribution in [3.05, 3.63) is 46.8 Å². The molecule has 7 nitrogen and oxygen atoms in total. The zero-order chi connectivity index (χ0) is 25.2. The number of alkyl halides is 3. The van der Waals surface area contributed by atoms with Crippen LogP contribution in [0.5, 0.6) is 5.75 Å². The van der Waals surface area contributed by atoms with Crippen molar-refractivity contribution in [3.63, 3.8) is 0 Å². The van der Waals surface area contributed by atoms with Gasteiger partial charge in [-0.1, -0.05) is 25.0 Å². The average molecular weight is 494 g/mol. The van der Waals surface area contributed by atoms with Gasteiger partial charge in [0, 0.05) is 24.9 Å². The molecule has 10 heteroatoms. The smallest absolute Gasteiger partial charge is 0.389 e. The molecule has 1 amide bonds. The molecule has 2 aliphatic rings. The third-order valence-corrected chi connectivity index (χ3v) is 6.61. The number of rotatable bonds is 11. The van der Waals surface area contributed by atoms with E-state index in [1.807, 2.05) is 13.0 Å². The average Bonchev–Trinajstić information content (AvgIpc) is 3.53. The fourth-order valence-electron chi connectivity index (χ4n) is 4.54. The molecule has 190 valence electrons. The maximum atomic E-state index is 12.9. The first-order valence-electron chi connectivity index (χ1n) is 12.0. The topological polar surface area (TPSA) is 93.5 Å². The second kappa shape index (κ2) is 9.91. The van der Waals surface area contributed by atoms with Gasteiger partial charge < -0.3 is 15.2 Å². The summed E-state index contributed by atoms with van der Waals surface area (Å²) in [6.45, 7) is 2.38. The van der Waals surface area contributed by atoms with Crippen LogP contribution in [0.3, 0.4) is 0 Å². The standard InChI is InChI=1S/C25H30F3N3O4/c1-24(11-8-17-4-2-5-18(14-17)35-13-3-10-25(26,27)28)15-19-20(22(32)29-24)21(23(33)34)31(30-19)12-9-16-6-7-16/h2,4-5,14,16H,3,6-13,15H2,1H3,(H,29,32)(H,33,34)/t24-/m0/s1. The predicted molar refractivity (Wildman–Crippen MR) is 122 cm³/mol. The number of amides is 1. The van der Waals surface area contributed by atoms with Crippen molar-refractivity contribution in [1.29, 1.82) is 0 Å². The molecule has 2 heterocycles. The Balaban J connectivity index is 1.39. The summed E-state index contributed by atoms with van der Waals surface area (Å²) in [5, 5.41) is 17.2. The molecule has 1 atom stereocenters. The number of hydrogen-bond acceptors (Lipinski definition) is 4. The molecule has 1 saturated carbocycles. The molecular weight excluding hydrogens is 463 g/mol. The van der Waals surface area contributed by atoms with Crippen LogP contribution in [0, 0.1) is 5.92 Å². The van der Waals surface area contributed by atoms with Gasteiger partial charge in [-0.15, -0.1) is 0 Å². The number of benzene rings is 1. The molecule has 1 aromatic heterocycles. The lowest BCUT2D eigenvalue weighted by Gasteiger charge is -2.34. The van der Waals surface area contributed by atoms with Gasteiger partial charge in [-0.3, -0.25) is 9.48 Å². The number of carboxylic acids is 1. The summed E-state index contributed by atoms with van der Waals surface area (Å²) >= 11 is 0. The number of nitrogens with one attached hydrogen (secondary N) is 1. The lowest BCUT2D eigenvalue weighted by molar-refractivity contribution is -0.136. The van der Waals surface area contributed by atoms with Crippen molar-refractivity contribution in [3.8, 4) is 5.75 Å². The largest absolute Gasteiger partial charge is 0.494 e. The second-order valence-corrected chi connectivity index (χ2v) is 9.84. The normalized spacial score (nSPS) is 19.8. The van der Waals surface area contributed by atoms with E-state index >= 15 is 0 Å². The van der Waals surface area contributed by atoms with E-state index < -0.39 is 30.0 Å². The highest BCUT2D eigenvalue weighted by Crippen LogP contribution is 2.34. The first kappa shape index (κ1) is 25.1. The summed E-state index contributed by atoms with van der Waals surface area (Å²) in [5.41, 5.74) is 0.932. The molecule has 0 bridgehead atoms. The Hall–Kier alpha value is -3.04. The molecule has 0 saturated heterocycles. The maximum absolute atomic E-state index is 12.9. The van der Waals surface area contributed by atoms with Gasteiger partial charge in [-0.05, 0) is 56.2 Å². The molecule has 0 spiro atoms. The summed E-state index contributed by atoms with van der Waals surface area (Å²) in [7, 11) is 0. The Labute approximate surface area is 201 Å². The zero-order valence-corrected chi connectivity index (χ0v) is 19.7. The monoisotopic (exact) mass is 493 g/mol. The molecule has 4 rings (SSSR count). The number of hydrogen-bond donors (Lipinski definition) is 2. The van der Waals surface area contributed by atoms with Crippen LogP contribution in [-0.4, -0.2) is 45.1 Å². The summed E-state index contributed by atoms with van der Waals surface area (Å²) in [5.74, 6) is -0.461. The lowest BCUT2D eigenvalue weighted by Crippen LogP contribution is -2.52. The van der Waals surface area contributed by atoms with Crippen LogP contribution in [0.2, 0.25) is 0 Å². The van der Waals surface area contributed by atoms with Crippen molar-refractivity contribution in [2.45, 2.75) is 76.6 Å². The molecule has 1 aromatic carbocycles. The van der Waals surface area contributed by atoms with Crippen molar-refractivity contribution >= 4 is 11.9 Å². The molecule has 1 fully saturated rings. The van der Waals surface area contributed by atoms with Gasteiger partial charge in [0.1, 0.15) is 5.75 Å². The second-order valence-electron chi connectivity index (χ2n) is 9.84. The van der Waals surface area contributed by atoms with Crippen LogP contribution >= 0.6 is 0 Å². The highest BCUT2D eigenvalue weighted by Gasteiger charge is 2.40. The van der Waals surface area contributed by atoms with Crippen molar-refractivity contribution < 1.29 is 32.6 Å². The molecule has 2 aromatic rings. The Kier molecular flexibility index (Phi) is 7.10. The van der Waals surface area contributed by atoms with E-state index in [-0.39, 0.29) is 24.3 Å². The zero-order valence-electron chi connectivity index (χ0n) is 19.7. The fraction of sp³-hybridized carbons (Fsp3) is 0.560. The van der Waals surface area contributed by atoms with Crippen molar-refractivity contribution in [2.24, 2.45) is 5.92 Å². The molecule has 1 aliphatic carbocycles. The third-order valence-electron chi connectivity index (χ3n) is 6.61. The molecular formula is C25H30F3N3O4. The van der Waals surface area contributed by atoms with Crippen LogP contribution in [0.25, 0.3) is 0 Å². The predicted octanol–water partition coefficient (Wildman–Crippen LogP) is 4.78. The van der Waals surface area contributed by atoms with E-state index in [4.69, 9.17) is 4.74 Å². The summed E-state index contributed by atoms with van der Waals surface area (Å²) < 4.78 is 43.8. The Morgan fingerprint density at radius 2 is 2.11 bits per heavy atom. The first-order valence-corrected chi connectivity index (χ1v) is 12.0. The molecule has 1 aliphatic heterocycles. The Bertz CT molecular complexity index is 1090. The number of fused-ring (bicyclic) bond motifs is 1. The summed E-state index contributed by atoms with van der Waals surface area (Å²) in [6.07, 6.45) is -0.426. The van der Waals surface area contributed by atoms with Crippen molar-refractivity contribution in [2.75, 3.05) is 6.61 Å². The van der Waals surface area contributed by atoms with E-state index in [9.17, 15) is 27.9 Å². The maximum Gasteiger partial charge on any atom is 0.389 e. The van der Waals surface area contributed by atoms with Gasteiger partial charge in [0.05, 0.1) is 17.9 Å². The van der Waals surface area contributed by atoms with Crippen LogP contribution in [0.15, 0.2) is 24.3 Å². The quantitative estimate of drug-likeness (QED) is 0.440. The molecule has 0 radical (unpaired) electrons. The van der Waals surface area contributed by atoms with Crippen LogP contribution in [0.4, 0.5) is 13.2 Å². The third kappa shape index (κ3) is 6.55. The van der Waals surface area contributed by atoms with Crippen LogP contribution in [-0.2, 0) is 19.4 Å². The van der Waals surface area contributed by atoms with Crippen molar-refractivity contribution in [1.82, 2.24) is 15.1 Å². The number of carbonyl (C=O) groups is 2. The highest BCUT2D eigenvalue weighted by molar-refractivity contribution is 6.05. The summed E-state index contributed by atoms with van der Waals surface area (Å²) in [4.78, 5) is 24.8. The Morgan fingerprint density at radius 3 is 2.80 bits per heavy atom. The van der Waals surface area contributed by atoms with Gasteiger partial charge in [-0.25, -0.2) is 4.79 Å². The lowest BCUT2D eigenvalue weighted by atomic mass is 9.84. The van der Waals surface area contributed by atoms with E-state index in [1.54, 1.807) is 18.2 Å². The van der Waals surface area contributed by atoms with Gasteiger partial charge in [-0.2, -0.15) is 18.3 Å². The van der Waals surface area contributed by atoms with E-state index in [1.165, 1.54) is 4.68 Å². The van der Waals surface area contributed by atoms with E-state index in [0.717, 1.165) is 24.8 Å². The minimum Gasteiger partial charge on any atom is -0.494 e. The minimum atomic E-state index is -4.19. The van der Waals surface area contributed by atoms with Crippen LogP contribution < -0.4 is 10.1 Å². The number of nitrogens with zero attached hydrogens (tertiary/aromatic N) is 2.